The molecular weight excluding hydrogens is 224 g/mol. The second kappa shape index (κ2) is 5.13. The van der Waals surface area contributed by atoms with Gasteiger partial charge in [0.15, 0.2) is 0 Å². The van der Waals surface area contributed by atoms with E-state index in [2.05, 4.69) is 26.0 Å². The van der Waals surface area contributed by atoms with Crippen LogP contribution in [0.3, 0.4) is 0 Å². The first-order chi connectivity index (χ1) is 8.64. The van der Waals surface area contributed by atoms with Crippen LogP contribution in [0.4, 0.5) is 0 Å². The lowest BCUT2D eigenvalue weighted by Gasteiger charge is -2.25. The van der Waals surface area contributed by atoms with Crippen molar-refractivity contribution in [3.8, 4) is 0 Å². The van der Waals surface area contributed by atoms with Crippen LogP contribution in [-0.2, 0) is 23.1 Å². The van der Waals surface area contributed by atoms with E-state index in [0.29, 0.717) is 0 Å². The molecule has 2 rings (SSSR count). The number of aryl methyl sites for hydroxylation is 2. The van der Waals surface area contributed by atoms with Crippen molar-refractivity contribution in [2.24, 2.45) is 0 Å². The maximum atomic E-state index is 11.7. The molecule has 1 aromatic rings. The fourth-order valence-electron chi connectivity index (χ4n) is 3.20. The standard InChI is InChI=1S/C16H22O2/c1-3-12-7-8-14(11-13(12)4-2)16(15(17)18)9-5-6-10-16/h7-8,11H,3-6,9-10H2,1-2H3,(H,17,18). The summed E-state index contributed by atoms with van der Waals surface area (Å²) in [7, 11) is 0. The lowest BCUT2D eigenvalue weighted by Crippen LogP contribution is -2.32. The zero-order valence-corrected chi connectivity index (χ0v) is 11.3. The minimum Gasteiger partial charge on any atom is -0.481 e. The molecular formula is C16H22O2. The van der Waals surface area contributed by atoms with Gasteiger partial charge in [0.25, 0.3) is 0 Å². The molecule has 1 fully saturated rings. The van der Waals surface area contributed by atoms with E-state index in [1.54, 1.807) is 0 Å². The van der Waals surface area contributed by atoms with Gasteiger partial charge in [-0.3, -0.25) is 4.79 Å². The average molecular weight is 246 g/mol. The normalized spacial score (nSPS) is 17.9. The molecule has 0 spiro atoms. The van der Waals surface area contributed by atoms with E-state index in [9.17, 15) is 9.90 Å². The summed E-state index contributed by atoms with van der Waals surface area (Å²) in [4.78, 5) is 11.7. The lowest BCUT2D eigenvalue weighted by molar-refractivity contribution is -0.143. The number of carboxylic acid groups (broad SMARTS) is 1. The highest BCUT2D eigenvalue weighted by Gasteiger charge is 2.42. The molecule has 0 saturated heterocycles. The first-order valence-corrected chi connectivity index (χ1v) is 6.99. The minimum atomic E-state index is -0.647. The topological polar surface area (TPSA) is 37.3 Å². The van der Waals surface area contributed by atoms with E-state index < -0.39 is 11.4 Å². The van der Waals surface area contributed by atoms with Crippen LogP contribution in [0.2, 0.25) is 0 Å². The van der Waals surface area contributed by atoms with Gasteiger partial charge in [-0.1, -0.05) is 44.9 Å². The molecule has 0 heterocycles. The molecule has 0 amide bonds. The molecule has 0 radical (unpaired) electrons. The van der Waals surface area contributed by atoms with Gasteiger partial charge in [-0.2, -0.15) is 0 Å². The smallest absolute Gasteiger partial charge is 0.314 e. The van der Waals surface area contributed by atoms with E-state index in [0.717, 1.165) is 44.1 Å². The van der Waals surface area contributed by atoms with Gasteiger partial charge < -0.3 is 5.11 Å². The highest BCUT2D eigenvalue weighted by molar-refractivity contribution is 5.82. The van der Waals surface area contributed by atoms with Crippen LogP contribution in [0.25, 0.3) is 0 Å². The van der Waals surface area contributed by atoms with E-state index in [1.807, 2.05) is 6.07 Å². The summed E-state index contributed by atoms with van der Waals surface area (Å²) in [6.07, 6.45) is 5.64. The summed E-state index contributed by atoms with van der Waals surface area (Å²) in [5.41, 5.74) is 3.06. The molecule has 0 unspecified atom stereocenters. The van der Waals surface area contributed by atoms with Gasteiger partial charge in [-0.05, 0) is 42.4 Å². The molecule has 0 aliphatic heterocycles. The molecule has 0 atom stereocenters. The summed E-state index contributed by atoms with van der Waals surface area (Å²) in [5, 5.41) is 9.61. The monoisotopic (exact) mass is 246 g/mol. The first kappa shape index (κ1) is 13.1. The van der Waals surface area contributed by atoms with Crippen LogP contribution >= 0.6 is 0 Å². The number of hydrogen-bond donors (Lipinski definition) is 1. The molecule has 1 aliphatic carbocycles. The van der Waals surface area contributed by atoms with E-state index in [4.69, 9.17) is 0 Å². The molecule has 98 valence electrons. The third-order valence-corrected chi connectivity index (χ3v) is 4.39. The Morgan fingerprint density at radius 2 is 1.78 bits per heavy atom. The van der Waals surface area contributed by atoms with E-state index in [-0.39, 0.29) is 0 Å². The predicted octanol–water partition coefficient (Wildman–Crippen LogP) is 3.71. The van der Waals surface area contributed by atoms with Gasteiger partial charge in [0.1, 0.15) is 0 Å². The zero-order chi connectivity index (χ0) is 13.2. The molecule has 1 N–H and O–H groups in total. The predicted molar refractivity (Wildman–Crippen MR) is 73.0 cm³/mol. The minimum absolute atomic E-state index is 0.615. The Morgan fingerprint density at radius 1 is 1.17 bits per heavy atom. The highest BCUT2D eigenvalue weighted by Crippen LogP contribution is 2.42. The molecule has 1 saturated carbocycles. The van der Waals surface area contributed by atoms with Gasteiger partial charge in [0.2, 0.25) is 0 Å². The Kier molecular flexibility index (Phi) is 3.74. The second-order valence-electron chi connectivity index (χ2n) is 5.28. The quantitative estimate of drug-likeness (QED) is 0.879. The van der Waals surface area contributed by atoms with Gasteiger partial charge in [-0.15, -0.1) is 0 Å². The van der Waals surface area contributed by atoms with Gasteiger partial charge in [0.05, 0.1) is 5.41 Å². The maximum absolute atomic E-state index is 11.7. The average Bonchev–Trinajstić information content (AvgIpc) is 2.88. The van der Waals surface area contributed by atoms with E-state index >= 15 is 0 Å². The van der Waals surface area contributed by atoms with E-state index in [1.165, 1.54) is 11.1 Å². The number of rotatable bonds is 4. The third-order valence-electron chi connectivity index (χ3n) is 4.39. The van der Waals surface area contributed by atoms with Gasteiger partial charge in [0, 0.05) is 0 Å². The van der Waals surface area contributed by atoms with Crippen LogP contribution in [0, 0.1) is 0 Å². The number of aliphatic carboxylic acids is 1. The van der Waals surface area contributed by atoms with Crippen molar-refractivity contribution in [1.29, 1.82) is 0 Å². The van der Waals surface area contributed by atoms with Crippen molar-refractivity contribution in [3.05, 3.63) is 34.9 Å². The number of hydrogen-bond acceptors (Lipinski definition) is 1. The largest absolute Gasteiger partial charge is 0.481 e. The van der Waals surface area contributed by atoms with Crippen LogP contribution in [0.1, 0.15) is 56.2 Å². The van der Waals surface area contributed by atoms with Crippen molar-refractivity contribution in [2.45, 2.75) is 57.8 Å². The Labute approximate surface area is 109 Å². The summed E-state index contributed by atoms with van der Waals surface area (Å²) in [6, 6.07) is 6.30. The molecule has 2 heteroatoms. The van der Waals surface area contributed by atoms with Crippen molar-refractivity contribution in [3.63, 3.8) is 0 Å². The second-order valence-corrected chi connectivity index (χ2v) is 5.28. The molecule has 1 aromatic carbocycles. The Morgan fingerprint density at radius 3 is 2.28 bits per heavy atom. The Bertz CT molecular complexity index is 442. The van der Waals surface area contributed by atoms with Crippen LogP contribution in [-0.4, -0.2) is 11.1 Å². The molecule has 1 aliphatic rings. The molecule has 0 aromatic heterocycles. The van der Waals surface area contributed by atoms with Crippen molar-refractivity contribution in [2.75, 3.05) is 0 Å². The summed E-state index contributed by atoms with van der Waals surface area (Å²) < 4.78 is 0. The van der Waals surface area contributed by atoms with Crippen molar-refractivity contribution < 1.29 is 9.90 Å². The summed E-state index contributed by atoms with van der Waals surface area (Å²) in [5.74, 6) is -0.647. The third kappa shape index (κ3) is 2.05. The van der Waals surface area contributed by atoms with Crippen molar-refractivity contribution >= 4 is 5.97 Å². The Balaban J connectivity index is 2.46. The molecule has 2 nitrogen and oxygen atoms in total. The summed E-state index contributed by atoms with van der Waals surface area (Å²) in [6.45, 7) is 4.29. The lowest BCUT2D eigenvalue weighted by atomic mass is 9.77. The fourth-order valence-corrected chi connectivity index (χ4v) is 3.20. The zero-order valence-electron chi connectivity index (χ0n) is 11.3. The fraction of sp³-hybridized carbons (Fsp3) is 0.562. The van der Waals surface area contributed by atoms with Gasteiger partial charge >= 0.3 is 5.97 Å². The summed E-state index contributed by atoms with van der Waals surface area (Å²) >= 11 is 0. The highest BCUT2D eigenvalue weighted by atomic mass is 16.4. The van der Waals surface area contributed by atoms with Crippen LogP contribution in [0.5, 0.6) is 0 Å². The van der Waals surface area contributed by atoms with Crippen LogP contribution in [0.15, 0.2) is 18.2 Å². The first-order valence-electron chi connectivity index (χ1n) is 6.99. The Hall–Kier alpha value is -1.31. The number of benzene rings is 1. The number of carbonyl (C=O) groups is 1. The number of carboxylic acids is 1. The van der Waals surface area contributed by atoms with Crippen molar-refractivity contribution in [1.82, 2.24) is 0 Å². The molecule has 0 bridgehead atoms. The van der Waals surface area contributed by atoms with Gasteiger partial charge in [-0.25, -0.2) is 0 Å². The SMILES string of the molecule is CCc1ccc(C2(C(=O)O)CCCC2)cc1CC. The maximum Gasteiger partial charge on any atom is 0.314 e. The van der Waals surface area contributed by atoms with Crippen LogP contribution < -0.4 is 0 Å². The molecule has 18 heavy (non-hydrogen) atoms.